The molecule has 2 aromatic carbocycles. The maximum Gasteiger partial charge on any atom is 0.573 e. The third-order valence-corrected chi connectivity index (χ3v) is 3.14. The maximum atomic E-state index is 14.0. The van der Waals surface area contributed by atoms with E-state index < -0.39 is 41.3 Å². The van der Waals surface area contributed by atoms with Crippen LogP contribution < -0.4 is 10.5 Å². The zero-order chi connectivity index (χ0) is 18.1. The fourth-order valence-electron chi connectivity index (χ4n) is 2.07. The van der Waals surface area contributed by atoms with Gasteiger partial charge >= 0.3 is 12.5 Å². The molecule has 2 nitrogen and oxygen atoms in total. The molecular weight excluding hydrogens is 343 g/mol. The van der Waals surface area contributed by atoms with Crippen LogP contribution in [-0.2, 0) is 6.18 Å². The molecule has 0 radical (unpaired) electrons. The van der Waals surface area contributed by atoms with Crippen LogP contribution in [0.5, 0.6) is 5.75 Å². The first-order chi connectivity index (χ1) is 11.0. The van der Waals surface area contributed by atoms with Gasteiger partial charge in [-0.3, -0.25) is 0 Å². The van der Waals surface area contributed by atoms with Gasteiger partial charge in [0.1, 0.15) is 11.6 Å². The molecule has 0 aliphatic carbocycles. The molecule has 130 valence electrons. The van der Waals surface area contributed by atoms with Gasteiger partial charge in [-0.1, -0.05) is 24.3 Å². The molecule has 0 aliphatic heterocycles. The summed E-state index contributed by atoms with van der Waals surface area (Å²) in [5.41, 5.74) is 3.98. The summed E-state index contributed by atoms with van der Waals surface area (Å²) in [4.78, 5) is 0. The van der Waals surface area contributed by atoms with Crippen LogP contribution in [0.25, 0.3) is 0 Å². The Labute approximate surface area is 131 Å². The van der Waals surface area contributed by atoms with Crippen LogP contribution in [0.3, 0.4) is 0 Å². The first kappa shape index (κ1) is 18.1. The number of ether oxygens (including phenoxy) is 1. The molecule has 0 saturated carbocycles. The second-order valence-electron chi connectivity index (χ2n) is 4.80. The largest absolute Gasteiger partial charge is 0.573 e. The summed E-state index contributed by atoms with van der Waals surface area (Å²) in [7, 11) is 0. The Morgan fingerprint density at radius 3 is 1.96 bits per heavy atom. The van der Waals surface area contributed by atoms with E-state index in [1.165, 1.54) is 0 Å². The third-order valence-electron chi connectivity index (χ3n) is 3.14. The zero-order valence-electron chi connectivity index (χ0n) is 11.8. The smallest absolute Gasteiger partial charge is 0.406 e. The summed E-state index contributed by atoms with van der Waals surface area (Å²) >= 11 is 0. The lowest BCUT2D eigenvalue weighted by Gasteiger charge is -2.17. The number of halogens is 7. The van der Waals surface area contributed by atoms with Gasteiger partial charge in [0.2, 0.25) is 0 Å². The minimum Gasteiger partial charge on any atom is -0.406 e. The lowest BCUT2D eigenvalue weighted by atomic mass is 9.97. The highest BCUT2D eigenvalue weighted by Crippen LogP contribution is 2.35. The zero-order valence-corrected chi connectivity index (χ0v) is 11.8. The van der Waals surface area contributed by atoms with Gasteiger partial charge in [0.05, 0.1) is 11.6 Å². The van der Waals surface area contributed by atoms with Gasteiger partial charge in [-0.15, -0.1) is 13.2 Å². The van der Waals surface area contributed by atoms with E-state index in [4.69, 9.17) is 5.73 Å². The van der Waals surface area contributed by atoms with Gasteiger partial charge in [0.25, 0.3) is 0 Å². The van der Waals surface area contributed by atoms with E-state index in [0.717, 1.165) is 36.4 Å². The van der Waals surface area contributed by atoms with E-state index in [1.54, 1.807) is 0 Å². The predicted molar refractivity (Wildman–Crippen MR) is 70.6 cm³/mol. The Bertz CT molecular complexity index is 707. The molecule has 0 heterocycles. The van der Waals surface area contributed by atoms with Crippen molar-refractivity contribution in [2.45, 2.75) is 18.6 Å². The summed E-state index contributed by atoms with van der Waals surface area (Å²) in [6, 6.07) is 5.48. The van der Waals surface area contributed by atoms with Crippen LogP contribution in [0.15, 0.2) is 42.5 Å². The second kappa shape index (κ2) is 6.31. The number of benzene rings is 2. The maximum absolute atomic E-state index is 14.0. The topological polar surface area (TPSA) is 35.2 Å². The van der Waals surface area contributed by atoms with E-state index in [1.807, 2.05) is 0 Å². The summed E-state index contributed by atoms with van der Waals surface area (Å²) in [5, 5.41) is 0. The normalized spacial score (nSPS) is 13.7. The lowest BCUT2D eigenvalue weighted by Crippen LogP contribution is -2.18. The van der Waals surface area contributed by atoms with E-state index in [-0.39, 0.29) is 5.56 Å². The molecule has 0 saturated heterocycles. The van der Waals surface area contributed by atoms with Crippen molar-refractivity contribution in [3.05, 3.63) is 65.0 Å². The average Bonchev–Trinajstić information content (AvgIpc) is 2.44. The van der Waals surface area contributed by atoms with Gasteiger partial charge in [-0.05, 0) is 23.8 Å². The number of alkyl halides is 6. The minimum absolute atomic E-state index is 0.128. The number of hydrogen-bond acceptors (Lipinski definition) is 2. The highest BCUT2D eigenvalue weighted by Gasteiger charge is 2.35. The summed E-state index contributed by atoms with van der Waals surface area (Å²) < 4.78 is 92.0. The van der Waals surface area contributed by atoms with Gasteiger partial charge in [-0.25, -0.2) is 4.39 Å². The van der Waals surface area contributed by atoms with Crippen LogP contribution >= 0.6 is 0 Å². The molecule has 2 aromatic rings. The van der Waals surface area contributed by atoms with Crippen molar-refractivity contribution in [3.8, 4) is 5.75 Å². The van der Waals surface area contributed by atoms with Crippen LogP contribution in [0.4, 0.5) is 30.7 Å². The van der Waals surface area contributed by atoms with Crippen molar-refractivity contribution < 1.29 is 35.5 Å². The minimum atomic E-state index is -4.88. The monoisotopic (exact) mass is 353 g/mol. The van der Waals surface area contributed by atoms with Crippen LogP contribution in [0.1, 0.15) is 22.7 Å². The van der Waals surface area contributed by atoms with Gasteiger partial charge in [0.15, 0.2) is 0 Å². The Balaban J connectivity index is 2.31. The van der Waals surface area contributed by atoms with Crippen molar-refractivity contribution >= 4 is 0 Å². The number of nitrogens with two attached hydrogens (primary N) is 1. The molecule has 2 N–H and O–H groups in total. The summed E-state index contributed by atoms with van der Waals surface area (Å²) in [5.74, 6) is -2.05. The van der Waals surface area contributed by atoms with Crippen molar-refractivity contribution in [3.63, 3.8) is 0 Å². The molecule has 24 heavy (non-hydrogen) atoms. The van der Waals surface area contributed by atoms with Gasteiger partial charge < -0.3 is 10.5 Å². The lowest BCUT2D eigenvalue weighted by molar-refractivity contribution is -0.274. The van der Waals surface area contributed by atoms with Crippen molar-refractivity contribution in [1.29, 1.82) is 0 Å². The highest BCUT2D eigenvalue weighted by molar-refractivity contribution is 5.38. The molecule has 0 aromatic heterocycles. The van der Waals surface area contributed by atoms with E-state index >= 15 is 0 Å². The van der Waals surface area contributed by atoms with Crippen molar-refractivity contribution in [2.75, 3.05) is 0 Å². The molecule has 2 rings (SSSR count). The molecule has 0 aliphatic rings. The van der Waals surface area contributed by atoms with E-state index in [0.29, 0.717) is 6.07 Å². The Hall–Kier alpha value is -2.29. The molecule has 1 atom stereocenters. The molecule has 0 spiro atoms. The molecule has 0 bridgehead atoms. The SMILES string of the molecule is N[C@H](c1ccc(OC(F)(F)F)cc1)c1cccc(C(F)(F)F)c1F. The van der Waals surface area contributed by atoms with Crippen molar-refractivity contribution in [2.24, 2.45) is 5.73 Å². The molecular formula is C15H10F7NO. The standard InChI is InChI=1S/C15H10F7NO/c16-12-10(2-1-3-11(12)14(17,18)19)13(23)8-4-6-9(7-5-8)24-15(20,21)22/h1-7,13H,23H2/t13-/m1/s1. The molecule has 9 heteroatoms. The first-order valence-electron chi connectivity index (χ1n) is 6.46. The summed E-state index contributed by atoms with van der Waals surface area (Å²) in [6.07, 6.45) is -9.76. The molecule has 0 unspecified atom stereocenters. The molecule has 0 amide bonds. The van der Waals surface area contributed by atoms with E-state index in [2.05, 4.69) is 4.74 Å². The fraction of sp³-hybridized carbons (Fsp3) is 0.200. The Morgan fingerprint density at radius 1 is 0.875 bits per heavy atom. The van der Waals surface area contributed by atoms with Gasteiger partial charge in [0, 0.05) is 5.56 Å². The Kier molecular flexibility index (Phi) is 4.75. The van der Waals surface area contributed by atoms with E-state index in [9.17, 15) is 30.7 Å². The quantitative estimate of drug-likeness (QED) is 0.805. The number of rotatable bonds is 3. The van der Waals surface area contributed by atoms with Crippen LogP contribution in [-0.4, -0.2) is 6.36 Å². The summed E-state index contributed by atoms with van der Waals surface area (Å²) in [6.45, 7) is 0. The third kappa shape index (κ3) is 4.16. The second-order valence-corrected chi connectivity index (χ2v) is 4.80. The molecule has 0 fully saturated rings. The number of hydrogen-bond donors (Lipinski definition) is 1. The predicted octanol–water partition coefficient (Wildman–Crippen LogP) is 4.79. The fourth-order valence-corrected chi connectivity index (χ4v) is 2.07. The Morgan fingerprint density at radius 2 is 1.46 bits per heavy atom. The average molecular weight is 353 g/mol. The van der Waals surface area contributed by atoms with Crippen molar-refractivity contribution in [1.82, 2.24) is 0 Å². The highest BCUT2D eigenvalue weighted by atomic mass is 19.4. The first-order valence-corrected chi connectivity index (χ1v) is 6.46. The van der Waals surface area contributed by atoms with Gasteiger partial charge in [-0.2, -0.15) is 13.2 Å². The van der Waals surface area contributed by atoms with Crippen LogP contribution in [0, 0.1) is 5.82 Å². The van der Waals surface area contributed by atoms with Crippen LogP contribution in [0.2, 0.25) is 0 Å².